The van der Waals surface area contributed by atoms with E-state index in [0.29, 0.717) is 22.1 Å². The molecule has 0 atom stereocenters. The molecule has 0 saturated carbocycles. The van der Waals surface area contributed by atoms with Crippen molar-refractivity contribution in [3.63, 3.8) is 0 Å². The summed E-state index contributed by atoms with van der Waals surface area (Å²) >= 11 is 9.31. The zero-order valence-electron chi connectivity index (χ0n) is 15.4. The maximum absolute atomic E-state index is 12.3. The number of benzene rings is 2. The molecule has 0 spiro atoms. The highest BCUT2D eigenvalue weighted by Gasteiger charge is 2.13. The van der Waals surface area contributed by atoms with E-state index in [1.807, 2.05) is 24.3 Å². The number of halogens is 2. The third-order valence-corrected chi connectivity index (χ3v) is 4.94. The largest absolute Gasteiger partial charge is 0.334 e. The van der Waals surface area contributed by atoms with E-state index in [-0.39, 0.29) is 23.9 Å². The van der Waals surface area contributed by atoms with Crippen molar-refractivity contribution in [3.05, 3.63) is 86.7 Å². The molecular weight excluding hydrogens is 472 g/mol. The zero-order chi connectivity index (χ0) is 21.1. The first-order valence-electron chi connectivity index (χ1n) is 8.84. The summed E-state index contributed by atoms with van der Waals surface area (Å²) < 4.78 is 7.56. The number of nitrogens with zero attached hydrogens (tertiary/aromatic N) is 3. The second-order valence-corrected chi connectivity index (χ2v) is 7.72. The summed E-state index contributed by atoms with van der Waals surface area (Å²) in [5.41, 5.74) is 1.55. The third kappa shape index (κ3) is 4.67. The molecule has 30 heavy (non-hydrogen) atoms. The average Bonchev–Trinajstić information content (AvgIpc) is 3.20. The van der Waals surface area contributed by atoms with E-state index in [1.165, 1.54) is 16.8 Å². The molecule has 150 valence electrons. The van der Waals surface area contributed by atoms with Crippen molar-refractivity contribution in [1.29, 1.82) is 0 Å². The molecule has 4 rings (SSSR count). The number of amides is 1. The predicted molar refractivity (Wildman–Crippen MR) is 117 cm³/mol. The van der Waals surface area contributed by atoms with E-state index in [1.54, 1.807) is 30.3 Å². The molecule has 0 radical (unpaired) electrons. The molecule has 0 aliphatic heterocycles. The normalized spacial score (nSPS) is 10.7. The lowest BCUT2D eigenvalue weighted by atomic mass is 10.2. The van der Waals surface area contributed by atoms with Crippen molar-refractivity contribution in [2.75, 3.05) is 5.32 Å². The summed E-state index contributed by atoms with van der Waals surface area (Å²) in [6, 6.07) is 17.2. The van der Waals surface area contributed by atoms with Crippen molar-refractivity contribution in [3.8, 4) is 22.8 Å². The van der Waals surface area contributed by atoms with Crippen molar-refractivity contribution in [2.24, 2.45) is 0 Å². The second kappa shape index (κ2) is 8.64. The first-order valence-corrected chi connectivity index (χ1v) is 10.0. The molecule has 0 saturated heterocycles. The van der Waals surface area contributed by atoms with Gasteiger partial charge in [-0.2, -0.15) is 4.98 Å². The zero-order valence-corrected chi connectivity index (χ0v) is 17.7. The van der Waals surface area contributed by atoms with Gasteiger partial charge in [-0.15, -0.1) is 0 Å². The monoisotopic (exact) mass is 484 g/mol. The summed E-state index contributed by atoms with van der Waals surface area (Å²) in [7, 11) is 0. The van der Waals surface area contributed by atoms with E-state index in [9.17, 15) is 9.59 Å². The summed E-state index contributed by atoms with van der Waals surface area (Å²) in [4.78, 5) is 28.9. The molecule has 2 aromatic heterocycles. The van der Waals surface area contributed by atoms with Crippen LogP contribution in [-0.2, 0) is 11.3 Å². The van der Waals surface area contributed by atoms with Gasteiger partial charge in [-0.25, -0.2) is 0 Å². The van der Waals surface area contributed by atoms with Gasteiger partial charge in [-0.1, -0.05) is 38.8 Å². The Labute approximate surface area is 184 Å². The Morgan fingerprint density at radius 3 is 2.63 bits per heavy atom. The molecule has 0 unspecified atom stereocenters. The molecule has 0 fully saturated rings. The SMILES string of the molecule is O=C(Cn1cc(-c2nc(-c3ccc(Br)cc3)no2)ccc1=O)Nc1cccc(Cl)c1. The van der Waals surface area contributed by atoms with Gasteiger partial charge in [0, 0.05) is 33.0 Å². The summed E-state index contributed by atoms with van der Waals surface area (Å²) in [6.07, 6.45) is 1.51. The minimum absolute atomic E-state index is 0.174. The van der Waals surface area contributed by atoms with Gasteiger partial charge in [0.1, 0.15) is 6.54 Å². The molecule has 1 amide bonds. The van der Waals surface area contributed by atoms with Gasteiger partial charge in [-0.3, -0.25) is 9.59 Å². The van der Waals surface area contributed by atoms with E-state index in [0.717, 1.165) is 10.0 Å². The number of anilines is 1. The fraction of sp³-hybridized carbons (Fsp3) is 0.0476. The Kier molecular flexibility index (Phi) is 5.78. The van der Waals surface area contributed by atoms with Crippen LogP contribution in [0.5, 0.6) is 0 Å². The molecule has 0 aliphatic carbocycles. The van der Waals surface area contributed by atoms with Gasteiger partial charge in [0.05, 0.1) is 5.56 Å². The average molecular weight is 486 g/mol. The molecule has 9 heteroatoms. The molecule has 2 heterocycles. The van der Waals surface area contributed by atoms with Crippen molar-refractivity contribution >= 4 is 39.1 Å². The van der Waals surface area contributed by atoms with Crippen LogP contribution < -0.4 is 10.9 Å². The summed E-state index contributed by atoms with van der Waals surface area (Å²) in [6.45, 7) is -0.174. The number of hydrogen-bond acceptors (Lipinski definition) is 5. The van der Waals surface area contributed by atoms with E-state index < -0.39 is 0 Å². The summed E-state index contributed by atoms with van der Waals surface area (Å²) in [5, 5.41) is 7.20. The topological polar surface area (TPSA) is 90.0 Å². The lowest BCUT2D eigenvalue weighted by Gasteiger charge is -2.08. The van der Waals surface area contributed by atoms with Gasteiger partial charge in [0.2, 0.25) is 11.7 Å². The number of hydrogen-bond donors (Lipinski definition) is 1. The standard InChI is InChI=1S/C21H14BrClN4O3/c22-15-7-4-13(5-8-15)20-25-21(30-26-20)14-6-9-19(29)27(11-14)12-18(28)24-17-3-1-2-16(23)10-17/h1-11H,12H2,(H,24,28). The smallest absolute Gasteiger partial charge is 0.259 e. The fourth-order valence-electron chi connectivity index (χ4n) is 2.76. The van der Waals surface area contributed by atoms with Crippen molar-refractivity contribution in [2.45, 2.75) is 6.54 Å². The van der Waals surface area contributed by atoms with E-state index >= 15 is 0 Å². The highest BCUT2D eigenvalue weighted by atomic mass is 79.9. The van der Waals surface area contributed by atoms with E-state index in [2.05, 4.69) is 31.4 Å². The second-order valence-electron chi connectivity index (χ2n) is 6.37. The predicted octanol–water partition coefficient (Wildman–Crippen LogP) is 4.62. The Morgan fingerprint density at radius 2 is 1.87 bits per heavy atom. The molecule has 0 aliphatic rings. The summed E-state index contributed by atoms with van der Waals surface area (Å²) in [5.74, 6) is 0.309. The number of nitrogens with one attached hydrogen (secondary N) is 1. The van der Waals surface area contributed by atoms with E-state index in [4.69, 9.17) is 16.1 Å². The van der Waals surface area contributed by atoms with Gasteiger partial charge in [0.15, 0.2) is 0 Å². The first kappa shape index (κ1) is 20.1. The van der Waals surface area contributed by atoms with Crippen LogP contribution in [0.2, 0.25) is 5.02 Å². The highest BCUT2D eigenvalue weighted by molar-refractivity contribution is 9.10. The Hall–Kier alpha value is -3.23. The maximum Gasteiger partial charge on any atom is 0.259 e. The Balaban J connectivity index is 1.54. The number of aromatic nitrogens is 3. The third-order valence-electron chi connectivity index (χ3n) is 4.18. The first-order chi connectivity index (χ1) is 14.5. The van der Waals surface area contributed by atoms with Crippen LogP contribution in [0.3, 0.4) is 0 Å². The van der Waals surface area contributed by atoms with Crippen LogP contribution in [0.4, 0.5) is 5.69 Å². The minimum Gasteiger partial charge on any atom is -0.334 e. The minimum atomic E-state index is -0.363. The van der Waals surface area contributed by atoms with Crippen LogP contribution in [0, 0.1) is 0 Å². The maximum atomic E-state index is 12.3. The molecule has 0 bridgehead atoms. The van der Waals surface area contributed by atoms with Crippen LogP contribution in [0.1, 0.15) is 0 Å². The Morgan fingerprint density at radius 1 is 1.10 bits per heavy atom. The number of rotatable bonds is 5. The van der Waals surface area contributed by atoms with Crippen molar-refractivity contribution < 1.29 is 9.32 Å². The quantitative estimate of drug-likeness (QED) is 0.445. The van der Waals surface area contributed by atoms with Gasteiger partial charge >= 0.3 is 0 Å². The van der Waals surface area contributed by atoms with Gasteiger partial charge in [0.25, 0.3) is 11.4 Å². The number of carbonyl (C=O) groups is 1. The lowest BCUT2D eigenvalue weighted by Crippen LogP contribution is -2.26. The Bertz CT molecular complexity index is 1270. The van der Waals surface area contributed by atoms with Crippen LogP contribution in [0.25, 0.3) is 22.8 Å². The molecule has 2 aromatic carbocycles. The van der Waals surface area contributed by atoms with Crippen molar-refractivity contribution in [1.82, 2.24) is 14.7 Å². The highest BCUT2D eigenvalue weighted by Crippen LogP contribution is 2.23. The van der Waals surface area contributed by atoms with Crippen LogP contribution >= 0.6 is 27.5 Å². The molecule has 4 aromatic rings. The number of pyridine rings is 1. The molecular formula is C21H14BrClN4O3. The van der Waals surface area contributed by atoms with Gasteiger partial charge in [-0.05, 0) is 48.5 Å². The molecule has 1 N–H and O–H groups in total. The molecule has 7 nitrogen and oxygen atoms in total. The van der Waals surface area contributed by atoms with Gasteiger partial charge < -0.3 is 14.4 Å². The number of carbonyl (C=O) groups excluding carboxylic acids is 1. The fourth-order valence-corrected chi connectivity index (χ4v) is 3.21. The van der Waals surface area contributed by atoms with Crippen LogP contribution in [0.15, 0.2) is 80.7 Å². The van der Waals surface area contributed by atoms with Crippen LogP contribution in [-0.4, -0.2) is 20.6 Å². The lowest BCUT2D eigenvalue weighted by molar-refractivity contribution is -0.116.